The van der Waals surface area contributed by atoms with Crippen molar-refractivity contribution in [1.82, 2.24) is 0 Å². The van der Waals surface area contributed by atoms with Crippen molar-refractivity contribution in [2.45, 2.75) is 77.2 Å². The van der Waals surface area contributed by atoms with Crippen molar-refractivity contribution >= 4 is 21.6 Å². The molecule has 92 valence electrons. The Morgan fingerprint density at radius 3 is 1.87 bits per heavy atom. The first-order valence-electron chi connectivity index (χ1n) is 6.34. The molecule has 1 unspecified atom stereocenters. The minimum Gasteiger partial charge on any atom is -0.0910 e. The fourth-order valence-electron chi connectivity index (χ4n) is 1.42. The largest absolute Gasteiger partial charge is 0.0910 e. The lowest BCUT2D eigenvalue weighted by atomic mass is 10.0. The molecule has 0 nitrogen and oxygen atoms in total. The third-order valence-corrected chi connectivity index (χ3v) is 5.84. The van der Waals surface area contributed by atoms with Gasteiger partial charge in [-0.3, -0.25) is 0 Å². The van der Waals surface area contributed by atoms with E-state index in [0.29, 0.717) is 0 Å². The van der Waals surface area contributed by atoms with Crippen LogP contribution in [0.5, 0.6) is 0 Å². The lowest BCUT2D eigenvalue weighted by Crippen LogP contribution is -1.96. The van der Waals surface area contributed by atoms with Gasteiger partial charge >= 0.3 is 0 Å². The van der Waals surface area contributed by atoms with Crippen molar-refractivity contribution in [3.63, 3.8) is 0 Å². The first-order chi connectivity index (χ1) is 7.02. The van der Waals surface area contributed by atoms with Crippen LogP contribution in [0.4, 0.5) is 0 Å². The molecule has 0 N–H and O–H groups in total. The molecule has 0 saturated carbocycles. The lowest BCUT2D eigenvalue weighted by molar-refractivity contribution is 0.520. The fourth-order valence-corrected chi connectivity index (χ4v) is 3.61. The van der Waals surface area contributed by atoms with Crippen LogP contribution >= 0.6 is 21.6 Å². The van der Waals surface area contributed by atoms with Gasteiger partial charge in [-0.15, -0.1) is 0 Å². The second-order valence-corrected chi connectivity index (χ2v) is 8.37. The molecule has 0 aliphatic rings. The van der Waals surface area contributed by atoms with Crippen molar-refractivity contribution in [2.75, 3.05) is 0 Å². The Kier molecular flexibility index (Phi) is 10.4. The monoisotopic (exact) mass is 248 g/mol. The maximum atomic E-state index is 2.36. The molecule has 1 atom stereocenters. The minimum absolute atomic E-state index is 0.762. The standard InChI is InChI=1S/C13H28S2/c1-11(2)9-7-6-8-10-13(5)15-14-12(3)4/h11-13H,6-10H2,1-5H3. The molecule has 15 heavy (non-hydrogen) atoms. The van der Waals surface area contributed by atoms with Gasteiger partial charge in [-0.1, -0.05) is 81.9 Å². The van der Waals surface area contributed by atoms with Crippen LogP contribution in [0.25, 0.3) is 0 Å². The maximum Gasteiger partial charge on any atom is 0.0123 e. The minimum atomic E-state index is 0.762. The van der Waals surface area contributed by atoms with Gasteiger partial charge in [0.05, 0.1) is 0 Å². The zero-order valence-corrected chi connectivity index (χ0v) is 12.7. The molecule has 0 amide bonds. The Morgan fingerprint density at radius 1 is 0.733 bits per heavy atom. The topological polar surface area (TPSA) is 0 Å². The molecule has 0 aliphatic carbocycles. The van der Waals surface area contributed by atoms with Crippen LogP contribution in [0.2, 0.25) is 0 Å². The van der Waals surface area contributed by atoms with Crippen LogP contribution in [0.15, 0.2) is 0 Å². The molecule has 2 heteroatoms. The van der Waals surface area contributed by atoms with Gasteiger partial charge in [-0.2, -0.15) is 0 Å². The third-order valence-electron chi connectivity index (χ3n) is 2.30. The molecule has 0 rings (SSSR count). The second kappa shape index (κ2) is 9.89. The van der Waals surface area contributed by atoms with Crippen molar-refractivity contribution in [3.05, 3.63) is 0 Å². The Labute approximate surface area is 105 Å². The van der Waals surface area contributed by atoms with Gasteiger partial charge in [0.2, 0.25) is 0 Å². The van der Waals surface area contributed by atoms with Crippen molar-refractivity contribution in [2.24, 2.45) is 5.92 Å². The summed E-state index contributed by atoms with van der Waals surface area (Å²) in [5.74, 6) is 0.883. The number of hydrogen-bond donors (Lipinski definition) is 0. The van der Waals surface area contributed by atoms with Crippen LogP contribution < -0.4 is 0 Å². The van der Waals surface area contributed by atoms with Gasteiger partial charge < -0.3 is 0 Å². The molecule has 0 aromatic heterocycles. The highest BCUT2D eigenvalue weighted by Crippen LogP contribution is 2.32. The van der Waals surface area contributed by atoms with E-state index in [1.165, 1.54) is 32.1 Å². The fraction of sp³-hybridized carbons (Fsp3) is 1.00. The van der Waals surface area contributed by atoms with Crippen molar-refractivity contribution < 1.29 is 0 Å². The number of rotatable bonds is 9. The predicted octanol–water partition coefficient (Wildman–Crippen LogP) is 5.77. The average molecular weight is 249 g/mol. The van der Waals surface area contributed by atoms with Gasteiger partial charge in [0.15, 0.2) is 0 Å². The first kappa shape index (κ1) is 15.7. The predicted molar refractivity (Wildman–Crippen MR) is 77.7 cm³/mol. The molecule has 0 saturated heterocycles. The summed E-state index contributed by atoms with van der Waals surface area (Å²) in [6, 6.07) is 0. The summed E-state index contributed by atoms with van der Waals surface area (Å²) in [4.78, 5) is 0. The Morgan fingerprint density at radius 2 is 1.33 bits per heavy atom. The molecular formula is C13H28S2. The van der Waals surface area contributed by atoms with E-state index < -0.39 is 0 Å². The summed E-state index contributed by atoms with van der Waals surface area (Å²) in [6.07, 6.45) is 7.06. The molecule has 0 bridgehead atoms. The van der Waals surface area contributed by atoms with E-state index in [0.717, 1.165) is 16.4 Å². The summed E-state index contributed by atoms with van der Waals surface area (Å²) >= 11 is 0. The van der Waals surface area contributed by atoms with E-state index in [4.69, 9.17) is 0 Å². The van der Waals surface area contributed by atoms with Crippen LogP contribution in [0, 0.1) is 5.92 Å². The van der Waals surface area contributed by atoms with Crippen molar-refractivity contribution in [3.8, 4) is 0 Å². The zero-order valence-electron chi connectivity index (χ0n) is 11.1. The highest BCUT2D eigenvalue weighted by atomic mass is 33.1. The van der Waals surface area contributed by atoms with Crippen LogP contribution in [0.3, 0.4) is 0 Å². The van der Waals surface area contributed by atoms with E-state index >= 15 is 0 Å². The van der Waals surface area contributed by atoms with Crippen LogP contribution in [-0.2, 0) is 0 Å². The Bertz CT molecular complexity index is 132. The van der Waals surface area contributed by atoms with Crippen molar-refractivity contribution in [1.29, 1.82) is 0 Å². The van der Waals surface area contributed by atoms with Gasteiger partial charge in [0.1, 0.15) is 0 Å². The van der Waals surface area contributed by atoms with Gasteiger partial charge in [0.25, 0.3) is 0 Å². The molecule has 0 aromatic rings. The third kappa shape index (κ3) is 12.6. The van der Waals surface area contributed by atoms with E-state index in [1.807, 2.05) is 10.8 Å². The summed E-state index contributed by atoms with van der Waals surface area (Å²) in [7, 11) is 4.09. The van der Waals surface area contributed by atoms with Gasteiger partial charge in [0, 0.05) is 10.5 Å². The van der Waals surface area contributed by atoms with E-state index in [-0.39, 0.29) is 0 Å². The number of hydrogen-bond acceptors (Lipinski definition) is 2. The highest BCUT2D eigenvalue weighted by molar-refractivity contribution is 8.77. The molecule has 0 heterocycles. The molecule has 0 fully saturated rings. The van der Waals surface area contributed by atoms with Crippen LogP contribution in [-0.4, -0.2) is 10.5 Å². The smallest absolute Gasteiger partial charge is 0.0123 e. The highest BCUT2D eigenvalue weighted by Gasteiger charge is 2.04. The Hall–Kier alpha value is 0.700. The van der Waals surface area contributed by atoms with Gasteiger partial charge in [-0.25, -0.2) is 0 Å². The summed E-state index contributed by atoms with van der Waals surface area (Å²) in [5, 5.41) is 1.59. The van der Waals surface area contributed by atoms with E-state index in [1.54, 1.807) is 0 Å². The molecule has 0 aromatic carbocycles. The normalized spacial score (nSPS) is 13.8. The summed E-state index contributed by atoms with van der Waals surface area (Å²) < 4.78 is 0. The number of unbranched alkanes of at least 4 members (excludes halogenated alkanes) is 2. The zero-order chi connectivity index (χ0) is 11.7. The summed E-state index contributed by atoms with van der Waals surface area (Å²) in [5.41, 5.74) is 0. The SMILES string of the molecule is CC(C)CCCCCC(C)SSC(C)C. The molecule has 0 spiro atoms. The maximum absolute atomic E-state index is 2.36. The molecule has 0 aliphatic heterocycles. The second-order valence-electron chi connectivity index (χ2n) is 5.08. The first-order valence-corrected chi connectivity index (χ1v) is 8.62. The quantitative estimate of drug-likeness (QED) is 0.375. The summed E-state index contributed by atoms with van der Waals surface area (Å²) in [6.45, 7) is 11.5. The molecular weight excluding hydrogens is 220 g/mol. The van der Waals surface area contributed by atoms with E-state index in [9.17, 15) is 0 Å². The Balaban J connectivity index is 3.20. The lowest BCUT2D eigenvalue weighted by Gasteiger charge is -2.12. The van der Waals surface area contributed by atoms with Crippen LogP contribution in [0.1, 0.15) is 66.7 Å². The van der Waals surface area contributed by atoms with Gasteiger partial charge in [-0.05, 0) is 12.3 Å². The van der Waals surface area contributed by atoms with E-state index in [2.05, 4.69) is 45.4 Å². The average Bonchev–Trinajstić information content (AvgIpc) is 2.13. The molecule has 0 radical (unpaired) electrons.